The monoisotopic (exact) mass is 580 g/mol. The molecule has 228 valence electrons. The van der Waals surface area contributed by atoms with Crippen LogP contribution in [-0.2, 0) is 28.5 Å². The molecule has 0 radical (unpaired) electrons. The third-order valence-corrected chi connectivity index (χ3v) is 12.2. The SMILES string of the molecule is C[C@@H]1O[C@@H](O[C@H]2C[C@@H](O)[C@@]34C(=O)O[C@@H]5C[C@]6(C)[C@@H](C7=CC(=O)OC7)CC[C@@]6(O)[C@H](CC[C@]3(O)C2)[C@H]54)[C@H](O)[C@H](O)[C@@H]1O. The number of hydrogen-bond acceptors (Lipinski definition) is 12. The van der Waals surface area contributed by atoms with E-state index >= 15 is 0 Å². The number of fused-ring (bicyclic) bond motifs is 2. The smallest absolute Gasteiger partial charge is 0.331 e. The molecule has 15 atom stereocenters. The average Bonchev–Trinajstić information content (AvgIpc) is 3.54. The van der Waals surface area contributed by atoms with E-state index in [0.717, 1.165) is 5.57 Å². The van der Waals surface area contributed by atoms with Crippen molar-refractivity contribution in [3.8, 4) is 0 Å². The van der Waals surface area contributed by atoms with Gasteiger partial charge in [-0.3, -0.25) is 4.79 Å². The molecule has 0 bridgehead atoms. The molecule has 3 heterocycles. The quantitative estimate of drug-likeness (QED) is 0.178. The molecule has 12 nitrogen and oxygen atoms in total. The maximum Gasteiger partial charge on any atom is 0.331 e. The van der Waals surface area contributed by atoms with Crippen LogP contribution >= 0.6 is 0 Å². The summed E-state index contributed by atoms with van der Waals surface area (Å²) in [4.78, 5) is 25.7. The maximum absolute atomic E-state index is 13.8. The van der Waals surface area contributed by atoms with E-state index in [9.17, 15) is 40.2 Å². The minimum absolute atomic E-state index is 0.0423. The molecule has 4 saturated carbocycles. The molecular formula is C29H40O12. The molecule has 4 aliphatic carbocycles. The van der Waals surface area contributed by atoms with Crippen molar-refractivity contribution in [2.75, 3.05) is 6.61 Å². The van der Waals surface area contributed by atoms with Crippen molar-refractivity contribution >= 4 is 11.9 Å². The minimum atomic E-state index is -1.71. The first-order valence-corrected chi connectivity index (χ1v) is 14.8. The van der Waals surface area contributed by atoms with E-state index in [1.54, 1.807) is 0 Å². The number of cyclic esters (lactones) is 1. The first-order chi connectivity index (χ1) is 19.3. The molecule has 0 aromatic rings. The van der Waals surface area contributed by atoms with Gasteiger partial charge in [-0.25, -0.2) is 4.79 Å². The third-order valence-electron chi connectivity index (χ3n) is 12.2. The zero-order valence-corrected chi connectivity index (χ0v) is 23.2. The molecule has 6 N–H and O–H groups in total. The molecular weight excluding hydrogens is 540 g/mol. The summed E-state index contributed by atoms with van der Waals surface area (Å²) in [6.45, 7) is 3.71. The van der Waals surface area contributed by atoms with Gasteiger partial charge in [0.05, 0.1) is 29.5 Å². The molecule has 7 rings (SSSR count). The van der Waals surface area contributed by atoms with Crippen LogP contribution in [0.3, 0.4) is 0 Å². The number of rotatable bonds is 3. The largest absolute Gasteiger partial charge is 0.461 e. The number of ether oxygens (including phenoxy) is 4. The number of aliphatic hydroxyl groups is 6. The summed E-state index contributed by atoms with van der Waals surface area (Å²) in [6.07, 6.45) is -5.91. The Labute approximate surface area is 237 Å². The normalized spacial score (nSPS) is 57.8. The van der Waals surface area contributed by atoms with Gasteiger partial charge in [0, 0.05) is 30.3 Å². The molecule has 6 fully saturated rings. The average molecular weight is 581 g/mol. The summed E-state index contributed by atoms with van der Waals surface area (Å²) < 4.78 is 22.7. The zero-order chi connectivity index (χ0) is 29.3. The summed E-state index contributed by atoms with van der Waals surface area (Å²) >= 11 is 0. The van der Waals surface area contributed by atoms with Gasteiger partial charge in [-0.15, -0.1) is 0 Å². The Balaban J connectivity index is 1.19. The summed E-state index contributed by atoms with van der Waals surface area (Å²) in [5.74, 6) is -2.23. The Morgan fingerprint density at radius 2 is 1.76 bits per heavy atom. The van der Waals surface area contributed by atoms with Crippen molar-refractivity contribution in [3.63, 3.8) is 0 Å². The lowest BCUT2D eigenvalue weighted by Crippen LogP contribution is -2.73. The zero-order valence-electron chi connectivity index (χ0n) is 23.2. The minimum Gasteiger partial charge on any atom is -0.461 e. The van der Waals surface area contributed by atoms with E-state index < -0.39 is 94.8 Å². The lowest BCUT2D eigenvalue weighted by molar-refractivity contribution is -0.324. The fourth-order valence-corrected chi connectivity index (χ4v) is 10.4. The molecule has 1 spiro atoms. The molecule has 0 unspecified atom stereocenters. The number of hydrogen-bond donors (Lipinski definition) is 6. The molecule has 12 heteroatoms. The van der Waals surface area contributed by atoms with Gasteiger partial charge < -0.3 is 49.6 Å². The highest BCUT2D eigenvalue weighted by atomic mass is 16.7. The van der Waals surface area contributed by atoms with Crippen molar-refractivity contribution in [2.24, 2.45) is 28.6 Å². The van der Waals surface area contributed by atoms with Crippen LogP contribution in [0.5, 0.6) is 0 Å². The van der Waals surface area contributed by atoms with E-state index in [1.807, 2.05) is 6.92 Å². The number of esters is 2. The van der Waals surface area contributed by atoms with Crippen molar-refractivity contribution < 1.29 is 59.2 Å². The Hall–Kier alpha value is -1.64. The van der Waals surface area contributed by atoms with Gasteiger partial charge in [-0.1, -0.05) is 6.92 Å². The highest BCUT2D eigenvalue weighted by Crippen LogP contribution is 2.73. The van der Waals surface area contributed by atoms with Gasteiger partial charge >= 0.3 is 11.9 Å². The van der Waals surface area contributed by atoms with E-state index in [4.69, 9.17) is 18.9 Å². The topological polar surface area (TPSA) is 192 Å². The standard InChI is InChI=1S/C29H40O12/c1-12-21(32)22(33)23(34)24(39-12)40-14-8-18(30)29-20-16(3-5-27(29,36)9-14)28(37)6-4-15(13-7-19(31)38-11-13)26(28,2)10-17(20)41-25(29)35/h7,12,14-18,20-24,30,32-34,36-37H,3-6,8-11H2,1-2H3/t12-,14-,15+,16+,17+,18+,20+,21+,22+,23+,24-,26+,27-,28+,29+/m0/s1. The van der Waals surface area contributed by atoms with Crippen molar-refractivity contribution in [1.82, 2.24) is 0 Å². The van der Waals surface area contributed by atoms with E-state index in [2.05, 4.69) is 0 Å². The van der Waals surface area contributed by atoms with Crippen LogP contribution in [0.15, 0.2) is 11.6 Å². The predicted octanol–water partition coefficient (Wildman–Crippen LogP) is -0.943. The molecule has 0 aromatic heterocycles. The van der Waals surface area contributed by atoms with E-state index in [0.29, 0.717) is 25.7 Å². The Morgan fingerprint density at radius 1 is 1.00 bits per heavy atom. The van der Waals surface area contributed by atoms with Crippen LogP contribution in [0, 0.1) is 28.6 Å². The summed E-state index contributed by atoms with van der Waals surface area (Å²) in [6, 6.07) is 0. The van der Waals surface area contributed by atoms with Gasteiger partial charge in [-0.2, -0.15) is 0 Å². The van der Waals surface area contributed by atoms with E-state index in [1.165, 1.54) is 13.0 Å². The molecule has 2 saturated heterocycles. The van der Waals surface area contributed by atoms with Gasteiger partial charge in [0.2, 0.25) is 0 Å². The van der Waals surface area contributed by atoms with Gasteiger partial charge in [-0.05, 0) is 56.4 Å². The van der Waals surface area contributed by atoms with Gasteiger partial charge in [0.25, 0.3) is 0 Å². The fourth-order valence-electron chi connectivity index (χ4n) is 10.4. The highest BCUT2D eigenvalue weighted by Gasteiger charge is 2.81. The third kappa shape index (κ3) is 3.44. The predicted molar refractivity (Wildman–Crippen MR) is 135 cm³/mol. The molecule has 0 amide bonds. The number of carbonyl (C=O) groups excluding carboxylic acids is 2. The first kappa shape index (κ1) is 28.1. The van der Waals surface area contributed by atoms with Crippen LogP contribution < -0.4 is 0 Å². The van der Waals surface area contributed by atoms with Crippen LogP contribution in [-0.4, -0.2) is 109 Å². The Morgan fingerprint density at radius 3 is 2.46 bits per heavy atom. The molecule has 7 aliphatic rings. The van der Waals surface area contributed by atoms with Crippen LogP contribution in [0.2, 0.25) is 0 Å². The maximum atomic E-state index is 13.8. The highest BCUT2D eigenvalue weighted by molar-refractivity contribution is 5.85. The number of aliphatic hydroxyl groups excluding tert-OH is 4. The summed E-state index contributed by atoms with van der Waals surface area (Å²) in [5.41, 5.74) is -4.41. The molecule has 0 aromatic carbocycles. The van der Waals surface area contributed by atoms with Gasteiger partial charge in [0.15, 0.2) is 6.29 Å². The lowest BCUT2D eigenvalue weighted by atomic mass is 9.41. The second kappa shape index (κ2) is 8.95. The molecule has 41 heavy (non-hydrogen) atoms. The van der Waals surface area contributed by atoms with Crippen molar-refractivity contribution in [3.05, 3.63) is 11.6 Å². The van der Waals surface area contributed by atoms with Crippen molar-refractivity contribution in [1.29, 1.82) is 0 Å². The summed E-state index contributed by atoms with van der Waals surface area (Å²) in [7, 11) is 0. The Kier molecular flexibility index (Phi) is 6.14. The Bertz CT molecular complexity index is 1170. The van der Waals surface area contributed by atoms with Crippen LogP contribution in [0.4, 0.5) is 0 Å². The summed E-state index contributed by atoms with van der Waals surface area (Å²) in [5, 5.41) is 67.1. The first-order valence-electron chi connectivity index (χ1n) is 14.8. The second-order valence-corrected chi connectivity index (χ2v) is 13.9. The van der Waals surface area contributed by atoms with Crippen LogP contribution in [0.1, 0.15) is 58.8 Å². The lowest BCUT2D eigenvalue weighted by Gasteiger charge is -2.64. The second-order valence-electron chi connectivity index (χ2n) is 13.9. The van der Waals surface area contributed by atoms with Crippen molar-refractivity contribution in [2.45, 2.75) is 119 Å². The van der Waals surface area contributed by atoms with Crippen LogP contribution in [0.25, 0.3) is 0 Å². The molecule has 3 aliphatic heterocycles. The van der Waals surface area contributed by atoms with E-state index in [-0.39, 0.29) is 31.8 Å². The van der Waals surface area contributed by atoms with Gasteiger partial charge in [0.1, 0.15) is 36.4 Å². The fraction of sp³-hybridized carbons (Fsp3) is 0.862. The number of carbonyl (C=O) groups is 2.